The summed E-state index contributed by atoms with van der Waals surface area (Å²) >= 11 is 0. The van der Waals surface area contributed by atoms with Gasteiger partial charge in [-0.3, -0.25) is 0 Å². The van der Waals surface area contributed by atoms with Crippen molar-refractivity contribution in [1.29, 1.82) is 0 Å². The highest BCUT2D eigenvalue weighted by Crippen LogP contribution is 2.50. The maximum Gasteiger partial charge on any atom is 0.159 e. The van der Waals surface area contributed by atoms with Gasteiger partial charge >= 0.3 is 0 Å². The third-order valence-electron chi connectivity index (χ3n) is 26.9. The Bertz CT molecular complexity index is 9170. The third-order valence-corrected chi connectivity index (χ3v) is 26.9. The van der Waals surface area contributed by atoms with Gasteiger partial charge in [-0.25, -0.2) is 0 Å². The highest BCUT2D eigenvalue weighted by molar-refractivity contribution is 6.28. The average molecular weight is 1660 g/mol. The summed E-state index contributed by atoms with van der Waals surface area (Å²) < 4.78 is 18.2. The van der Waals surface area contributed by atoms with Gasteiger partial charge in [0.2, 0.25) is 0 Å². The van der Waals surface area contributed by atoms with E-state index in [9.17, 15) is 0 Å². The summed E-state index contributed by atoms with van der Waals surface area (Å²) in [5.41, 5.74) is 26.2. The summed E-state index contributed by atoms with van der Waals surface area (Å²) in [4.78, 5) is 4.73. The Hall–Kier alpha value is -17.3. The number of rotatable bonds is 12. The largest absolute Gasteiger partial charge is 0.454 e. The van der Waals surface area contributed by atoms with Crippen molar-refractivity contribution in [3.05, 3.63) is 473 Å². The van der Waals surface area contributed by atoms with Crippen LogP contribution in [0.2, 0.25) is 0 Å². The Balaban J connectivity index is 0.000000137. The molecule has 0 fully saturated rings. The number of para-hydroxylation sites is 6. The van der Waals surface area contributed by atoms with Gasteiger partial charge in [0, 0.05) is 77.2 Å². The van der Waals surface area contributed by atoms with E-state index in [1.807, 2.05) is 12.1 Å². The van der Waals surface area contributed by atoms with Crippen molar-refractivity contribution >= 4 is 197 Å². The minimum absolute atomic E-state index is 0.861. The molecule has 0 saturated carbocycles. The maximum atomic E-state index is 6.74. The SMILES string of the molecule is c1ccc(-c2ccc3c(c2)c2cc(-c4ccc(N(c5ccc6c7ccccc7c7ccccc7c6c5)c5cccc6c5oc5ccccc56)cc4)ccc2n3-c2ccccc2)cc1.c1ccc(-n2c3ccc(-c4ccc(N(c5ccc6c7ccccc7c7ccccc7c6c5)c5cccc6c5oc5ccccc56)cc4)cc3c3cc(-c4cccc5ccccc45)ccc32)cc1. The number of fused-ring (bicyclic) bond motifs is 25. The van der Waals surface area contributed by atoms with Crippen molar-refractivity contribution in [2.45, 2.75) is 0 Å². The fourth-order valence-electron chi connectivity index (χ4n) is 20.9. The number of benzene rings is 23. The number of furan rings is 2. The van der Waals surface area contributed by atoms with E-state index in [2.05, 4.69) is 480 Å². The fourth-order valence-corrected chi connectivity index (χ4v) is 20.9. The van der Waals surface area contributed by atoms with E-state index >= 15 is 0 Å². The Morgan fingerprint density at radius 1 is 0.162 bits per heavy atom. The van der Waals surface area contributed by atoms with Crippen LogP contribution in [-0.2, 0) is 0 Å². The van der Waals surface area contributed by atoms with Crippen LogP contribution in [0.25, 0.3) is 219 Å². The molecule has 0 aliphatic heterocycles. The first kappa shape index (κ1) is 74.1. The molecule has 6 nitrogen and oxygen atoms in total. The minimum Gasteiger partial charge on any atom is -0.454 e. The van der Waals surface area contributed by atoms with Crippen molar-refractivity contribution in [3.63, 3.8) is 0 Å². The van der Waals surface area contributed by atoms with Crippen LogP contribution in [0.5, 0.6) is 0 Å². The van der Waals surface area contributed by atoms with E-state index < -0.39 is 0 Å². The first-order chi connectivity index (χ1) is 64.5. The van der Waals surface area contributed by atoms with E-state index in [4.69, 9.17) is 8.83 Å². The molecule has 606 valence electrons. The van der Waals surface area contributed by atoms with Gasteiger partial charge in [-0.2, -0.15) is 0 Å². The number of hydrogen-bond acceptors (Lipinski definition) is 4. The summed E-state index contributed by atoms with van der Waals surface area (Å²) in [5.74, 6) is 0. The van der Waals surface area contributed by atoms with Gasteiger partial charge in [-0.1, -0.05) is 328 Å². The molecule has 4 aromatic heterocycles. The van der Waals surface area contributed by atoms with Crippen molar-refractivity contribution in [2.24, 2.45) is 0 Å². The summed E-state index contributed by atoms with van der Waals surface area (Å²) in [6, 6.07) is 172. The van der Waals surface area contributed by atoms with Crippen LogP contribution < -0.4 is 9.80 Å². The molecule has 27 rings (SSSR count). The third kappa shape index (κ3) is 12.1. The maximum absolute atomic E-state index is 6.74. The molecule has 0 aliphatic rings. The lowest BCUT2D eigenvalue weighted by molar-refractivity contribution is 0.668. The normalized spacial score (nSPS) is 11.8. The predicted octanol–water partition coefficient (Wildman–Crippen LogP) is 35.0. The van der Waals surface area contributed by atoms with Crippen LogP contribution in [0.1, 0.15) is 0 Å². The van der Waals surface area contributed by atoms with E-state index in [0.29, 0.717) is 0 Å². The van der Waals surface area contributed by atoms with Crippen molar-refractivity contribution < 1.29 is 8.83 Å². The van der Waals surface area contributed by atoms with Crippen LogP contribution in [-0.4, -0.2) is 9.13 Å². The number of aromatic nitrogens is 2. The van der Waals surface area contributed by atoms with Crippen LogP contribution in [0.15, 0.2) is 482 Å². The summed E-state index contributed by atoms with van der Waals surface area (Å²) in [7, 11) is 0. The van der Waals surface area contributed by atoms with Gasteiger partial charge in [-0.15, -0.1) is 0 Å². The molecule has 23 aromatic carbocycles. The molecular weight excluding hydrogens is 1580 g/mol. The monoisotopic (exact) mass is 1650 g/mol. The van der Waals surface area contributed by atoms with Crippen LogP contribution in [0.3, 0.4) is 0 Å². The Morgan fingerprint density at radius 3 is 0.854 bits per heavy atom. The topological polar surface area (TPSA) is 42.6 Å². The lowest BCUT2D eigenvalue weighted by atomic mass is 9.94. The molecule has 0 bridgehead atoms. The van der Waals surface area contributed by atoms with Gasteiger partial charge < -0.3 is 27.8 Å². The number of nitrogens with zero attached hydrogens (tertiary/aromatic N) is 4. The Labute approximate surface area is 748 Å². The van der Waals surface area contributed by atoms with E-state index in [1.54, 1.807) is 0 Å². The van der Waals surface area contributed by atoms with Crippen molar-refractivity contribution in [1.82, 2.24) is 9.13 Å². The molecule has 0 atom stereocenters. The van der Waals surface area contributed by atoms with Crippen molar-refractivity contribution in [2.75, 3.05) is 9.80 Å². The summed E-state index contributed by atoms with van der Waals surface area (Å²) in [6.45, 7) is 0. The lowest BCUT2D eigenvalue weighted by Gasteiger charge is -2.26. The second kappa shape index (κ2) is 30.2. The summed E-state index contributed by atoms with van der Waals surface area (Å²) in [5, 5.41) is 26.8. The predicted molar refractivity (Wildman–Crippen MR) is 550 cm³/mol. The molecule has 130 heavy (non-hydrogen) atoms. The minimum atomic E-state index is 0.861. The van der Waals surface area contributed by atoms with E-state index in [0.717, 1.165) is 106 Å². The number of anilines is 6. The molecule has 0 saturated heterocycles. The molecular formula is C124H78N4O2. The van der Waals surface area contributed by atoms with Crippen LogP contribution in [0, 0.1) is 0 Å². The number of hydrogen-bond donors (Lipinski definition) is 0. The van der Waals surface area contributed by atoms with Crippen molar-refractivity contribution in [3.8, 4) is 55.9 Å². The zero-order valence-electron chi connectivity index (χ0n) is 70.6. The molecule has 0 aliphatic carbocycles. The second-order valence-electron chi connectivity index (χ2n) is 34.1. The quantitative estimate of drug-likeness (QED) is 0.114. The molecule has 0 spiro atoms. The summed E-state index contributed by atoms with van der Waals surface area (Å²) in [6.07, 6.45) is 0. The van der Waals surface area contributed by atoms with Crippen LogP contribution in [0.4, 0.5) is 34.1 Å². The standard InChI is InChI=1S/C64H40N2O.C60H38N2O/c1-2-16-45(17-3-1)66-60-36-30-43(38-58(60)59-39-44(31-37-61(59)66)49-24-12-15-42-14-4-5-18-48(42)49)41-28-32-46(33-29-41)65(62-26-13-25-56-55-23-10-11-27-63(55)67-64(56)62)47-34-35-54-52-21-7-6-19-50(52)51-20-8-9-22-53(51)57(54)40-47;1-3-14-39(15-4-1)41-28-34-56-54(36-41)55-37-42(29-35-57(55)62(56)43-16-5-2-6-17-43)40-26-30-44(31-27-40)61(58-24-13-23-52-51-22-11-12-25-59(51)63-60(52)58)45-32-33-50-48-20-8-7-18-46(48)47-19-9-10-21-49(47)53(50)38-45/h1-40H;1-38H. The fraction of sp³-hybridized carbons (Fsp3) is 0. The average Bonchev–Trinajstić information content (AvgIpc) is 1.74. The highest BCUT2D eigenvalue weighted by atomic mass is 16.3. The van der Waals surface area contributed by atoms with Gasteiger partial charge in [0.1, 0.15) is 11.2 Å². The van der Waals surface area contributed by atoms with Gasteiger partial charge in [0.05, 0.1) is 33.4 Å². The molecule has 0 radical (unpaired) electrons. The van der Waals surface area contributed by atoms with Gasteiger partial charge in [0.25, 0.3) is 0 Å². The Kier molecular flexibility index (Phi) is 17.2. The first-order valence-electron chi connectivity index (χ1n) is 44.6. The molecule has 6 heteroatoms. The molecule has 4 heterocycles. The molecule has 0 N–H and O–H groups in total. The second-order valence-corrected chi connectivity index (χ2v) is 34.1. The lowest BCUT2D eigenvalue weighted by Crippen LogP contribution is -2.10. The van der Waals surface area contributed by atoms with E-state index in [-0.39, 0.29) is 0 Å². The zero-order valence-corrected chi connectivity index (χ0v) is 70.6. The van der Waals surface area contributed by atoms with Gasteiger partial charge in [0.15, 0.2) is 11.2 Å². The smallest absolute Gasteiger partial charge is 0.159 e. The Morgan fingerprint density at radius 2 is 0.446 bits per heavy atom. The van der Waals surface area contributed by atoms with Crippen LogP contribution >= 0.6 is 0 Å². The molecule has 27 aromatic rings. The van der Waals surface area contributed by atoms with Gasteiger partial charge in [-0.05, 0) is 266 Å². The zero-order chi connectivity index (χ0) is 85.4. The molecule has 0 amide bonds. The first-order valence-corrected chi connectivity index (χ1v) is 44.6. The highest BCUT2D eigenvalue weighted by Gasteiger charge is 2.26. The van der Waals surface area contributed by atoms with E-state index in [1.165, 1.54) is 147 Å². The molecule has 0 unspecified atom stereocenters.